The number of ether oxygens (including phenoxy) is 1. The van der Waals surface area contributed by atoms with Gasteiger partial charge in [-0.05, 0) is 25.0 Å². The first-order valence-electron chi connectivity index (χ1n) is 9.88. The highest BCUT2D eigenvalue weighted by Gasteiger charge is 2.21. The quantitative estimate of drug-likeness (QED) is 0.544. The number of aryl methyl sites for hydroxylation is 1. The molecule has 0 unspecified atom stereocenters. The van der Waals surface area contributed by atoms with Crippen molar-refractivity contribution >= 4 is 17.7 Å². The topological polar surface area (TPSA) is 82.1 Å². The van der Waals surface area contributed by atoms with Gasteiger partial charge in [0, 0.05) is 25.2 Å². The first kappa shape index (κ1) is 19.9. The van der Waals surface area contributed by atoms with Crippen LogP contribution in [-0.4, -0.2) is 51.2 Å². The molecule has 1 aliphatic rings. The first-order valence-corrected chi connectivity index (χ1v) is 10.9. The SMILES string of the molecule is Cc1ccc(-c2nc(CSc3nnc(N4CCOCC4)n3CC(C)C)no2)cc1. The summed E-state index contributed by atoms with van der Waals surface area (Å²) < 4.78 is 13.1. The molecule has 0 aliphatic carbocycles. The molecule has 0 radical (unpaired) electrons. The summed E-state index contributed by atoms with van der Waals surface area (Å²) in [6.07, 6.45) is 0. The van der Waals surface area contributed by atoms with Gasteiger partial charge in [0.25, 0.3) is 5.89 Å². The molecule has 3 aromatic rings. The van der Waals surface area contributed by atoms with Crippen molar-refractivity contribution in [2.75, 3.05) is 31.2 Å². The highest BCUT2D eigenvalue weighted by molar-refractivity contribution is 7.98. The molecule has 0 bridgehead atoms. The summed E-state index contributed by atoms with van der Waals surface area (Å²) in [5.74, 6) is 3.17. The van der Waals surface area contributed by atoms with Gasteiger partial charge in [0.05, 0.1) is 19.0 Å². The summed E-state index contributed by atoms with van der Waals surface area (Å²) in [5.41, 5.74) is 2.13. The molecule has 1 fully saturated rings. The van der Waals surface area contributed by atoms with Gasteiger partial charge in [-0.3, -0.25) is 4.57 Å². The first-order chi connectivity index (χ1) is 14.1. The van der Waals surface area contributed by atoms with E-state index < -0.39 is 0 Å². The van der Waals surface area contributed by atoms with Gasteiger partial charge in [0.1, 0.15) is 0 Å². The largest absolute Gasteiger partial charge is 0.378 e. The van der Waals surface area contributed by atoms with Crippen molar-refractivity contribution in [2.45, 2.75) is 38.2 Å². The van der Waals surface area contributed by atoms with E-state index in [1.807, 2.05) is 24.3 Å². The number of aromatic nitrogens is 5. The molecule has 0 spiro atoms. The van der Waals surface area contributed by atoms with Gasteiger partial charge in [0.2, 0.25) is 5.95 Å². The number of hydrogen-bond acceptors (Lipinski definition) is 8. The van der Waals surface area contributed by atoms with E-state index in [2.05, 4.69) is 50.6 Å². The Kier molecular flexibility index (Phi) is 6.15. The zero-order chi connectivity index (χ0) is 20.2. The van der Waals surface area contributed by atoms with E-state index in [0.717, 1.165) is 49.5 Å². The Hall–Kier alpha value is -2.39. The van der Waals surface area contributed by atoms with Crippen molar-refractivity contribution in [1.29, 1.82) is 0 Å². The van der Waals surface area contributed by atoms with Crippen molar-refractivity contribution in [1.82, 2.24) is 24.9 Å². The Balaban J connectivity index is 1.48. The smallest absolute Gasteiger partial charge is 0.257 e. The average molecular weight is 415 g/mol. The molecule has 0 N–H and O–H groups in total. The van der Waals surface area contributed by atoms with E-state index in [9.17, 15) is 0 Å². The van der Waals surface area contributed by atoms with Gasteiger partial charge < -0.3 is 14.2 Å². The van der Waals surface area contributed by atoms with Gasteiger partial charge in [0.15, 0.2) is 11.0 Å². The molecular formula is C20H26N6O2S. The average Bonchev–Trinajstić information content (AvgIpc) is 3.34. The predicted molar refractivity (Wildman–Crippen MR) is 112 cm³/mol. The molecule has 8 nitrogen and oxygen atoms in total. The van der Waals surface area contributed by atoms with Crippen molar-refractivity contribution < 1.29 is 9.26 Å². The second kappa shape index (κ2) is 8.96. The maximum absolute atomic E-state index is 5.47. The van der Waals surface area contributed by atoms with Crippen LogP contribution in [0.3, 0.4) is 0 Å². The molecular weight excluding hydrogens is 388 g/mol. The Morgan fingerprint density at radius 1 is 1.10 bits per heavy atom. The highest BCUT2D eigenvalue weighted by atomic mass is 32.2. The summed E-state index contributed by atoms with van der Waals surface area (Å²) in [6.45, 7) is 10.4. The molecule has 9 heteroatoms. The number of benzene rings is 1. The minimum absolute atomic E-state index is 0.489. The molecule has 1 aromatic carbocycles. The van der Waals surface area contributed by atoms with E-state index in [-0.39, 0.29) is 0 Å². The lowest BCUT2D eigenvalue weighted by Gasteiger charge is -2.28. The maximum Gasteiger partial charge on any atom is 0.257 e. The number of anilines is 1. The van der Waals surface area contributed by atoms with Crippen LogP contribution in [-0.2, 0) is 17.0 Å². The lowest BCUT2D eigenvalue weighted by Crippen LogP contribution is -2.38. The van der Waals surface area contributed by atoms with E-state index in [1.165, 1.54) is 5.56 Å². The van der Waals surface area contributed by atoms with E-state index in [0.29, 0.717) is 23.4 Å². The molecule has 4 rings (SSSR count). The lowest BCUT2D eigenvalue weighted by atomic mass is 10.1. The number of thioether (sulfide) groups is 1. The van der Waals surface area contributed by atoms with Crippen LogP contribution in [0, 0.1) is 12.8 Å². The molecule has 3 heterocycles. The maximum atomic E-state index is 5.47. The standard InChI is InChI=1S/C20H26N6O2S/c1-14(2)12-26-19(25-8-10-27-11-9-25)22-23-20(26)29-13-17-21-18(28-24-17)16-6-4-15(3)5-7-16/h4-7,14H,8-13H2,1-3H3. The number of nitrogens with zero attached hydrogens (tertiary/aromatic N) is 6. The van der Waals surface area contributed by atoms with Crippen LogP contribution in [0.15, 0.2) is 33.9 Å². The third-order valence-electron chi connectivity index (χ3n) is 4.64. The van der Waals surface area contributed by atoms with Crippen molar-refractivity contribution in [3.63, 3.8) is 0 Å². The molecule has 1 aliphatic heterocycles. The number of morpholine rings is 1. The van der Waals surface area contributed by atoms with Crippen molar-refractivity contribution in [3.8, 4) is 11.5 Å². The van der Waals surface area contributed by atoms with Gasteiger partial charge in [-0.25, -0.2) is 0 Å². The van der Waals surface area contributed by atoms with Crippen LogP contribution in [0.2, 0.25) is 0 Å². The molecule has 154 valence electrons. The van der Waals surface area contributed by atoms with Crippen LogP contribution in [0.4, 0.5) is 5.95 Å². The minimum atomic E-state index is 0.489. The molecule has 0 amide bonds. The fraction of sp³-hybridized carbons (Fsp3) is 0.500. The van der Waals surface area contributed by atoms with E-state index in [4.69, 9.17) is 9.26 Å². The van der Waals surface area contributed by atoms with Crippen LogP contribution < -0.4 is 4.90 Å². The molecule has 0 saturated carbocycles. The molecule has 2 aromatic heterocycles. The van der Waals surface area contributed by atoms with Crippen LogP contribution in [0.5, 0.6) is 0 Å². The number of rotatable bonds is 7. The summed E-state index contributed by atoms with van der Waals surface area (Å²) >= 11 is 1.58. The zero-order valence-corrected chi connectivity index (χ0v) is 17.9. The Labute approximate surface area is 174 Å². The Morgan fingerprint density at radius 3 is 2.59 bits per heavy atom. The second-order valence-electron chi connectivity index (χ2n) is 7.56. The summed E-state index contributed by atoms with van der Waals surface area (Å²) in [6, 6.07) is 8.06. The lowest BCUT2D eigenvalue weighted by molar-refractivity contribution is 0.121. The van der Waals surface area contributed by atoms with Gasteiger partial charge in [-0.2, -0.15) is 4.98 Å². The number of hydrogen-bond donors (Lipinski definition) is 0. The van der Waals surface area contributed by atoms with Crippen LogP contribution in [0.1, 0.15) is 25.2 Å². The molecule has 29 heavy (non-hydrogen) atoms. The summed E-state index contributed by atoms with van der Waals surface area (Å²) in [5, 5.41) is 13.9. The van der Waals surface area contributed by atoms with Gasteiger partial charge in [-0.1, -0.05) is 48.5 Å². The third kappa shape index (κ3) is 4.79. The Bertz CT molecular complexity index is 931. The van der Waals surface area contributed by atoms with Crippen molar-refractivity contribution in [3.05, 3.63) is 35.7 Å². The van der Waals surface area contributed by atoms with Crippen LogP contribution >= 0.6 is 11.8 Å². The second-order valence-corrected chi connectivity index (χ2v) is 8.50. The van der Waals surface area contributed by atoms with Crippen molar-refractivity contribution in [2.24, 2.45) is 5.92 Å². The Morgan fingerprint density at radius 2 is 1.86 bits per heavy atom. The zero-order valence-electron chi connectivity index (χ0n) is 17.0. The van der Waals surface area contributed by atoms with E-state index >= 15 is 0 Å². The third-order valence-corrected chi connectivity index (χ3v) is 5.60. The summed E-state index contributed by atoms with van der Waals surface area (Å²) in [7, 11) is 0. The molecule has 0 atom stereocenters. The fourth-order valence-electron chi connectivity index (χ4n) is 3.17. The predicted octanol–water partition coefficient (Wildman–Crippen LogP) is 3.42. The fourth-order valence-corrected chi connectivity index (χ4v) is 3.95. The van der Waals surface area contributed by atoms with Gasteiger partial charge >= 0.3 is 0 Å². The normalized spacial score (nSPS) is 14.7. The van der Waals surface area contributed by atoms with Gasteiger partial charge in [-0.15, -0.1) is 10.2 Å². The molecule has 1 saturated heterocycles. The minimum Gasteiger partial charge on any atom is -0.378 e. The summed E-state index contributed by atoms with van der Waals surface area (Å²) in [4.78, 5) is 6.77. The highest BCUT2D eigenvalue weighted by Crippen LogP contribution is 2.27. The van der Waals surface area contributed by atoms with Crippen LogP contribution in [0.25, 0.3) is 11.5 Å². The van der Waals surface area contributed by atoms with E-state index in [1.54, 1.807) is 11.8 Å². The monoisotopic (exact) mass is 414 g/mol.